The highest BCUT2D eigenvalue weighted by Gasteiger charge is 2.07. The molecule has 0 saturated heterocycles. The van der Waals surface area contributed by atoms with E-state index >= 15 is 0 Å². The van der Waals surface area contributed by atoms with E-state index in [0.717, 1.165) is 28.4 Å². The Balaban J connectivity index is 1.71. The van der Waals surface area contributed by atoms with E-state index in [1.54, 1.807) is 44.3 Å². The van der Waals surface area contributed by atoms with Gasteiger partial charge in [-0.1, -0.05) is 12.1 Å². The molecule has 0 amide bonds. The second kappa shape index (κ2) is 8.90. The van der Waals surface area contributed by atoms with Gasteiger partial charge in [0.15, 0.2) is 0 Å². The molecule has 28 heavy (non-hydrogen) atoms. The van der Waals surface area contributed by atoms with Crippen molar-refractivity contribution in [1.82, 2.24) is 9.78 Å². The van der Waals surface area contributed by atoms with Gasteiger partial charge in [-0.15, -0.1) is 0 Å². The maximum Gasteiger partial charge on any atom is 0.206 e. The average molecular weight is 378 g/mol. The number of hydrogen-bond acceptors (Lipinski definition) is 5. The van der Waals surface area contributed by atoms with Gasteiger partial charge >= 0.3 is 0 Å². The SMILES string of the molecule is COc1ccc(OCc2cc(/C=C/C(=O)c3ccn(C)n3)ccc2OC)cc1. The number of ether oxygens (including phenoxy) is 3. The van der Waals surface area contributed by atoms with Crippen LogP contribution in [0.3, 0.4) is 0 Å². The summed E-state index contributed by atoms with van der Waals surface area (Å²) in [5.41, 5.74) is 2.17. The van der Waals surface area contributed by atoms with E-state index in [2.05, 4.69) is 5.10 Å². The first-order chi connectivity index (χ1) is 13.6. The molecule has 0 radical (unpaired) electrons. The van der Waals surface area contributed by atoms with Crippen LogP contribution in [-0.2, 0) is 13.7 Å². The largest absolute Gasteiger partial charge is 0.497 e. The van der Waals surface area contributed by atoms with Crippen LogP contribution in [0.25, 0.3) is 6.08 Å². The molecule has 6 heteroatoms. The van der Waals surface area contributed by atoms with E-state index in [9.17, 15) is 4.79 Å². The fourth-order valence-corrected chi connectivity index (χ4v) is 2.65. The third kappa shape index (κ3) is 4.79. The van der Waals surface area contributed by atoms with Crippen molar-refractivity contribution < 1.29 is 19.0 Å². The normalized spacial score (nSPS) is 10.8. The highest BCUT2D eigenvalue weighted by atomic mass is 16.5. The van der Waals surface area contributed by atoms with E-state index in [4.69, 9.17) is 14.2 Å². The predicted molar refractivity (Wildman–Crippen MR) is 107 cm³/mol. The second-order valence-electron chi connectivity index (χ2n) is 6.11. The van der Waals surface area contributed by atoms with Crippen LogP contribution < -0.4 is 14.2 Å². The van der Waals surface area contributed by atoms with Crippen molar-refractivity contribution >= 4 is 11.9 Å². The number of ketones is 1. The Bertz CT molecular complexity index is 974. The van der Waals surface area contributed by atoms with Gasteiger partial charge < -0.3 is 14.2 Å². The molecule has 0 N–H and O–H groups in total. The van der Waals surface area contributed by atoms with Gasteiger partial charge in [0.05, 0.1) is 14.2 Å². The molecule has 0 aliphatic carbocycles. The quantitative estimate of drug-likeness (QED) is 0.439. The monoisotopic (exact) mass is 378 g/mol. The molecule has 0 bridgehead atoms. The number of rotatable bonds is 8. The number of methoxy groups -OCH3 is 2. The Morgan fingerprint density at radius 3 is 2.43 bits per heavy atom. The maximum absolute atomic E-state index is 12.2. The standard InChI is InChI=1S/C22H22N2O4/c1-24-13-12-20(23-24)21(25)10-4-16-5-11-22(27-3)17(14-16)15-28-19-8-6-18(26-2)7-9-19/h4-14H,15H2,1-3H3/b10-4+. The summed E-state index contributed by atoms with van der Waals surface area (Å²) in [5, 5.41) is 4.11. The van der Waals surface area contributed by atoms with Gasteiger partial charge in [0.25, 0.3) is 0 Å². The average Bonchev–Trinajstić information content (AvgIpc) is 3.17. The van der Waals surface area contributed by atoms with Crippen LogP contribution in [0.15, 0.2) is 60.8 Å². The van der Waals surface area contributed by atoms with Gasteiger partial charge in [-0.25, -0.2) is 0 Å². The summed E-state index contributed by atoms with van der Waals surface area (Å²) in [6.07, 6.45) is 5.01. The van der Waals surface area contributed by atoms with Crippen LogP contribution in [0.4, 0.5) is 0 Å². The van der Waals surface area contributed by atoms with Crippen LogP contribution >= 0.6 is 0 Å². The van der Waals surface area contributed by atoms with Crippen molar-refractivity contribution in [3.05, 3.63) is 77.6 Å². The zero-order valence-corrected chi connectivity index (χ0v) is 16.1. The Labute approximate surface area is 164 Å². The van der Waals surface area contributed by atoms with E-state index in [0.29, 0.717) is 12.3 Å². The summed E-state index contributed by atoms with van der Waals surface area (Å²) in [6, 6.07) is 14.8. The zero-order valence-electron chi connectivity index (χ0n) is 16.1. The van der Waals surface area contributed by atoms with Crippen molar-refractivity contribution in [2.24, 2.45) is 7.05 Å². The second-order valence-corrected chi connectivity index (χ2v) is 6.11. The Morgan fingerprint density at radius 1 is 1.04 bits per heavy atom. The number of carbonyl (C=O) groups excluding carboxylic acids is 1. The number of carbonyl (C=O) groups is 1. The highest BCUT2D eigenvalue weighted by Crippen LogP contribution is 2.24. The fourth-order valence-electron chi connectivity index (χ4n) is 2.65. The van der Waals surface area contributed by atoms with Gasteiger partial charge in [-0.2, -0.15) is 5.10 Å². The summed E-state index contributed by atoms with van der Waals surface area (Å²) in [4.78, 5) is 12.2. The molecule has 3 rings (SSSR count). The molecular formula is C22H22N2O4. The first-order valence-electron chi connectivity index (χ1n) is 8.75. The summed E-state index contributed by atoms with van der Waals surface area (Å²) < 4.78 is 18.0. The van der Waals surface area contributed by atoms with Crippen LogP contribution in [0.2, 0.25) is 0 Å². The van der Waals surface area contributed by atoms with E-state index < -0.39 is 0 Å². The van der Waals surface area contributed by atoms with Crippen LogP contribution in [-0.4, -0.2) is 29.8 Å². The molecule has 144 valence electrons. The molecule has 0 atom stereocenters. The molecule has 0 saturated carbocycles. The third-order valence-electron chi connectivity index (χ3n) is 4.15. The molecule has 6 nitrogen and oxygen atoms in total. The van der Waals surface area contributed by atoms with Crippen molar-refractivity contribution in [2.75, 3.05) is 14.2 Å². The van der Waals surface area contributed by atoms with Gasteiger partial charge in [0.2, 0.25) is 5.78 Å². The summed E-state index contributed by atoms with van der Waals surface area (Å²) in [7, 11) is 5.02. The minimum Gasteiger partial charge on any atom is -0.497 e. The lowest BCUT2D eigenvalue weighted by Gasteiger charge is -2.11. The molecule has 0 spiro atoms. The van der Waals surface area contributed by atoms with Crippen molar-refractivity contribution in [2.45, 2.75) is 6.61 Å². The van der Waals surface area contributed by atoms with Gasteiger partial charge in [0.1, 0.15) is 29.5 Å². The van der Waals surface area contributed by atoms with Gasteiger partial charge in [0, 0.05) is 18.8 Å². The summed E-state index contributed by atoms with van der Waals surface area (Å²) in [6.45, 7) is 0.339. The molecule has 1 aromatic heterocycles. The zero-order chi connectivity index (χ0) is 19.9. The topological polar surface area (TPSA) is 62.6 Å². The highest BCUT2D eigenvalue weighted by molar-refractivity contribution is 6.05. The lowest BCUT2D eigenvalue weighted by atomic mass is 10.1. The van der Waals surface area contributed by atoms with Crippen molar-refractivity contribution in [3.63, 3.8) is 0 Å². The minimum absolute atomic E-state index is 0.146. The molecule has 0 aliphatic rings. The molecule has 0 aliphatic heterocycles. The molecule has 0 fully saturated rings. The lowest BCUT2D eigenvalue weighted by molar-refractivity contribution is 0.104. The first-order valence-corrected chi connectivity index (χ1v) is 8.75. The Morgan fingerprint density at radius 2 is 1.79 bits per heavy atom. The van der Waals surface area contributed by atoms with Crippen molar-refractivity contribution in [1.29, 1.82) is 0 Å². The van der Waals surface area contributed by atoms with Gasteiger partial charge in [-0.3, -0.25) is 9.48 Å². The Hall–Kier alpha value is -3.54. The smallest absolute Gasteiger partial charge is 0.206 e. The van der Waals surface area contributed by atoms with Crippen molar-refractivity contribution in [3.8, 4) is 17.2 Å². The number of aryl methyl sites for hydroxylation is 1. The summed E-state index contributed by atoms with van der Waals surface area (Å²) >= 11 is 0. The first kappa shape index (κ1) is 19.2. The molecule has 0 unspecified atom stereocenters. The predicted octanol–water partition coefficient (Wildman–Crippen LogP) is 3.91. The third-order valence-corrected chi connectivity index (χ3v) is 4.15. The maximum atomic E-state index is 12.2. The van der Waals surface area contributed by atoms with Crippen LogP contribution in [0, 0.1) is 0 Å². The Kier molecular flexibility index (Phi) is 6.11. The van der Waals surface area contributed by atoms with Gasteiger partial charge in [-0.05, 0) is 54.1 Å². The number of hydrogen-bond donors (Lipinski definition) is 0. The molecular weight excluding hydrogens is 356 g/mol. The number of nitrogens with zero attached hydrogens (tertiary/aromatic N) is 2. The molecule has 2 aromatic carbocycles. The van der Waals surface area contributed by atoms with E-state index in [1.807, 2.05) is 42.5 Å². The van der Waals surface area contributed by atoms with Crippen LogP contribution in [0.1, 0.15) is 21.6 Å². The number of benzene rings is 2. The van der Waals surface area contributed by atoms with E-state index in [1.165, 1.54) is 6.08 Å². The van der Waals surface area contributed by atoms with Crippen LogP contribution in [0.5, 0.6) is 17.2 Å². The molecule has 1 heterocycles. The number of allylic oxidation sites excluding steroid dienone is 1. The molecule has 3 aromatic rings. The number of aromatic nitrogens is 2. The minimum atomic E-state index is -0.146. The van der Waals surface area contributed by atoms with E-state index in [-0.39, 0.29) is 5.78 Å². The summed E-state index contributed by atoms with van der Waals surface area (Å²) in [5.74, 6) is 2.08. The fraction of sp³-hybridized carbons (Fsp3) is 0.182. The lowest BCUT2D eigenvalue weighted by Crippen LogP contribution is -2.00.